The molecule has 2 aromatic carbocycles. The molecule has 150 valence electrons. The molecule has 5 rings (SSSR count). The van der Waals surface area contributed by atoms with Gasteiger partial charge in [0, 0.05) is 21.8 Å². The largest absolute Gasteiger partial charge is 0.322 e. The maximum Gasteiger partial charge on any atom is 0.256 e. The number of benzene rings is 2. The Morgan fingerprint density at radius 3 is 2.57 bits per heavy atom. The maximum absolute atomic E-state index is 13.3. The number of hydrogen-bond donors (Lipinski definition) is 1. The minimum atomic E-state index is -0.137. The smallest absolute Gasteiger partial charge is 0.256 e. The van der Waals surface area contributed by atoms with E-state index in [1.165, 1.54) is 0 Å². The van der Waals surface area contributed by atoms with Crippen LogP contribution in [0.5, 0.6) is 0 Å². The van der Waals surface area contributed by atoms with Crippen molar-refractivity contribution in [3.8, 4) is 5.69 Å². The number of fused-ring (bicyclic) bond motifs is 1. The molecule has 0 unspecified atom stereocenters. The fourth-order valence-electron chi connectivity index (χ4n) is 3.75. The highest BCUT2D eigenvalue weighted by Gasteiger charge is 2.29. The molecule has 30 heavy (non-hydrogen) atoms. The van der Waals surface area contributed by atoms with Crippen LogP contribution in [0.1, 0.15) is 46.1 Å². The standard InChI is InChI=1S/C24H21BrN4O/c1-14-12-17(10-11-20(14)25)26-24(30)19-13-21(16-8-9-16)27-23-22(19)15(2)28-29(23)18-6-4-3-5-7-18/h3-7,10-13,16H,8-9H2,1-2H3,(H,26,30). The minimum absolute atomic E-state index is 0.137. The predicted octanol–water partition coefficient (Wildman–Crippen LogP) is 5.93. The summed E-state index contributed by atoms with van der Waals surface area (Å²) in [6.07, 6.45) is 2.23. The lowest BCUT2D eigenvalue weighted by Crippen LogP contribution is -2.14. The van der Waals surface area contributed by atoms with Crippen molar-refractivity contribution < 1.29 is 4.79 Å². The molecular formula is C24H21BrN4O. The molecule has 2 aromatic heterocycles. The number of aromatic nitrogens is 3. The van der Waals surface area contributed by atoms with E-state index >= 15 is 0 Å². The Labute approximate surface area is 183 Å². The fourth-order valence-corrected chi connectivity index (χ4v) is 3.99. The molecule has 1 aliphatic rings. The fraction of sp³-hybridized carbons (Fsp3) is 0.208. The molecule has 4 aromatic rings. The summed E-state index contributed by atoms with van der Waals surface area (Å²) in [7, 11) is 0. The predicted molar refractivity (Wildman–Crippen MR) is 122 cm³/mol. The first-order chi connectivity index (χ1) is 14.5. The SMILES string of the molecule is Cc1cc(NC(=O)c2cc(C3CC3)nc3c2c(C)nn3-c2ccccc2)ccc1Br. The van der Waals surface area contributed by atoms with E-state index in [4.69, 9.17) is 10.1 Å². The van der Waals surface area contributed by atoms with E-state index in [0.29, 0.717) is 11.5 Å². The number of rotatable bonds is 4. The third-order valence-electron chi connectivity index (χ3n) is 5.49. The molecule has 1 saturated carbocycles. The summed E-state index contributed by atoms with van der Waals surface area (Å²) in [6, 6.07) is 17.7. The number of para-hydroxylation sites is 1. The van der Waals surface area contributed by atoms with Gasteiger partial charge in [0.25, 0.3) is 5.91 Å². The van der Waals surface area contributed by atoms with E-state index in [2.05, 4.69) is 21.2 Å². The molecule has 0 spiro atoms. The number of aryl methyl sites for hydroxylation is 2. The first-order valence-electron chi connectivity index (χ1n) is 10.0. The van der Waals surface area contributed by atoms with Crippen molar-refractivity contribution in [2.75, 3.05) is 5.32 Å². The quantitative estimate of drug-likeness (QED) is 0.410. The number of amides is 1. The molecule has 2 heterocycles. The first-order valence-corrected chi connectivity index (χ1v) is 10.8. The lowest BCUT2D eigenvalue weighted by Gasteiger charge is -2.10. The van der Waals surface area contributed by atoms with Gasteiger partial charge >= 0.3 is 0 Å². The van der Waals surface area contributed by atoms with Crippen molar-refractivity contribution in [1.82, 2.24) is 14.8 Å². The molecular weight excluding hydrogens is 440 g/mol. The monoisotopic (exact) mass is 460 g/mol. The van der Waals surface area contributed by atoms with Crippen molar-refractivity contribution in [3.05, 3.63) is 81.6 Å². The van der Waals surface area contributed by atoms with E-state index < -0.39 is 0 Å². The number of hydrogen-bond acceptors (Lipinski definition) is 3. The van der Waals surface area contributed by atoms with Crippen LogP contribution in [0.25, 0.3) is 16.7 Å². The van der Waals surface area contributed by atoms with E-state index in [1.54, 1.807) is 0 Å². The first kappa shape index (κ1) is 19.0. The molecule has 1 N–H and O–H groups in total. The number of anilines is 1. The van der Waals surface area contributed by atoms with Crippen molar-refractivity contribution in [1.29, 1.82) is 0 Å². The average Bonchev–Trinajstić information content (AvgIpc) is 3.55. The van der Waals surface area contributed by atoms with Crippen LogP contribution in [0.15, 0.2) is 59.1 Å². The van der Waals surface area contributed by atoms with Crippen LogP contribution in [0.4, 0.5) is 5.69 Å². The Morgan fingerprint density at radius 2 is 1.87 bits per heavy atom. The highest BCUT2D eigenvalue weighted by atomic mass is 79.9. The van der Waals surface area contributed by atoms with E-state index in [0.717, 1.165) is 56.7 Å². The van der Waals surface area contributed by atoms with Gasteiger partial charge < -0.3 is 5.32 Å². The summed E-state index contributed by atoms with van der Waals surface area (Å²) in [4.78, 5) is 18.3. The highest BCUT2D eigenvalue weighted by Crippen LogP contribution is 2.41. The second-order valence-corrected chi connectivity index (χ2v) is 8.67. The van der Waals surface area contributed by atoms with Crippen LogP contribution >= 0.6 is 15.9 Å². The summed E-state index contributed by atoms with van der Waals surface area (Å²) in [5.74, 6) is 0.289. The van der Waals surface area contributed by atoms with Crippen LogP contribution in [0.3, 0.4) is 0 Å². The van der Waals surface area contributed by atoms with Gasteiger partial charge in [-0.15, -0.1) is 0 Å². The molecule has 0 atom stereocenters. The third kappa shape index (κ3) is 3.41. The van der Waals surface area contributed by atoms with Gasteiger partial charge in [-0.25, -0.2) is 9.67 Å². The van der Waals surface area contributed by atoms with Crippen molar-refractivity contribution >= 4 is 38.6 Å². The normalized spacial score (nSPS) is 13.6. The molecule has 1 fully saturated rings. The minimum Gasteiger partial charge on any atom is -0.322 e. The van der Waals surface area contributed by atoms with Crippen LogP contribution in [-0.2, 0) is 0 Å². The van der Waals surface area contributed by atoms with Crippen LogP contribution in [0, 0.1) is 13.8 Å². The zero-order valence-electron chi connectivity index (χ0n) is 16.8. The Balaban J connectivity index is 1.64. The van der Waals surface area contributed by atoms with Crippen LogP contribution in [-0.4, -0.2) is 20.7 Å². The Bertz CT molecular complexity index is 1280. The van der Waals surface area contributed by atoms with Gasteiger partial charge in [0.05, 0.1) is 22.3 Å². The van der Waals surface area contributed by atoms with Gasteiger partial charge in [0.2, 0.25) is 0 Å². The summed E-state index contributed by atoms with van der Waals surface area (Å²) in [5.41, 5.74) is 5.90. The second-order valence-electron chi connectivity index (χ2n) is 7.82. The van der Waals surface area contributed by atoms with Crippen molar-refractivity contribution in [3.63, 3.8) is 0 Å². The van der Waals surface area contributed by atoms with Gasteiger partial charge in [-0.2, -0.15) is 5.10 Å². The second kappa shape index (κ2) is 7.36. The number of pyridine rings is 1. The molecule has 6 heteroatoms. The lowest BCUT2D eigenvalue weighted by molar-refractivity contribution is 0.102. The van der Waals surface area contributed by atoms with Crippen LogP contribution in [0.2, 0.25) is 0 Å². The van der Waals surface area contributed by atoms with Gasteiger partial charge in [-0.05, 0) is 68.7 Å². The Hall–Kier alpha value is -2.99. The van der Waals surface area contributed by atoms with E-state index in [1.807, 2.05) is 73.1 Å². The lowest BCUT2D eigenvalue weighted by atomic mass is 10.1. The topological polar surface area (TPSA) is 59.8 Å². The third-order valence-corrected chi connectivity index (χ3v) is 6.38. The molecule has 0 saturated heterocycles. The van der Waals surface area contributed by atoms with Gasteiger partial charge in [-0.3, -0.25) is 4.79 Å². The molecule has 5 nitrogen and oxygen atoms in total. The molecule has 0 radical (unpaired) electrons. The van der Waals surface area contributed by atoms with Crippen molar-refractivity contribution in [2.45, 2.75) is 32.6 Å². The van der Waals surface area contributed by atoms with Gasteiger partial charge in [-0.1, -0.05) is 34.1 Å². The summed E-state index contributed by atoms with van der Waals surface area (Å²) in [5, 5.41) is 8.58. The van der Waals surface area contributed by atoms with E-state index in [-0.39, 0.29) is 5.91 Å². The van der Waals surface area contributed by atoms with E-state index in [9.17, 15) is 4.79 Å². The zero-order valence-corrected chi connectivity index (χ0v) is 18.4. The molecule has 0 bridgehead atoms. The Kier molecular flexibility index (Phi) is 4.66. The number of carbonyl (C=O) groups is 1. The number of nitrogens with one attached hydrogen (secondary N) is 1. The number of nitrogens with zero attached hydrogens (tertiary/aromatic N) is 3. The highest BCUT2D eigenvalue weighted by molar-refractivity contribution is 9.10. The van der Waals surface area contributed by atoms with Crippen LogP contribution < -0.4 is 5.32 Å². The Morgan fingerprint density at radius 1 is 1.10 bits per heavy atom. The molecule has 1 aliphatic carbocycles. The van der Waals surface area contributed by atoms with Gasteiger partial charge in [0.1, 0.15) is 0 Å². The summed E-state index contributed by atoms with van der Waals surface area (Å²) in [6.45, 7) is 3.93. The van der Waals surface area contributed by atoms with Gasteiger partial charge in [0.15, 0.2) is 5.65 Å². The molecule has 0 aliphatic heterocycles. The molecule has 1 amide bonds. The van der Waals surface area contributed by atoms with Crippen molar-refractivity contribution in [2.24, 2.45) is 0 Å². The number of carbonyl (C=O) groups excluding carboxylic acids is 1. The summed E-state index contributed by atoms with van der Waals surface area (Å²) < 4.78 is 2.86. The zero-order chi connectivity index (χ0) is 20.8. The maximum atomic E-state index is 13.3. The summed E-state index contributed by atoms with van der Waals surface area (Å²) >= 11 is 3.51. The average molecular weight is 461 g/mol. The number of halogens is 1.